The summed E-state index contributed by atoms with van der Waals surface area (Å²) in [6.07, 6.45) is 5.82. The number of hydrogen-bond donors (Lipinski definition) is 1. The van der Waals surface area contributed by atoms with E-state index < -0.39 is 0 Å². The molecule has 5 nitrogen and oxygen atoms in total. The maximum Gasteiger partial charge on any atom is 0.159 e. The summed E-state index contributed by atoms with van der Waals surface area (Å²) in [5, 5.41) is 9.20. The number of rotatable bonds is 5. The highest BCUT2D eigenvalue weighted by Gasteiger charge is 2.17. The first-order valence-corrected chi connectivity index (χ1v) is 8.08. The predicted octanol–water partition coefficient (Wildman–Crippen LogP) is 2.36. The second-order valence-electron chi connectivity index (χ2n) is 6.16. The number of hydrogen-bond acceptors (Lipinski definition) is 5. The Morgan fingerprint density at radius 2 is 1.96 bits per heavy atom. The molecule has 0 aliphatic carbocycles. The van der Waals surface area contributed by atoms with Crippen molar-refractivity contribution in [3.8, 4) is 17.1 Å². The lowest BCUT2D eigenvalue weighted by Gasteiger charge is -2.28. The number of nitrogens with zero attached hydrogens (tertiary/aromatic N) is 3. The third kappa shape index (κ3) is 4.27. The highest BCUT2D eigenvalue weighted by atomic mass is 16.5. The van der Waals surface area contributed by atoms with Crippen LogP contribution in [0.15, 0.2) is 36.7 Å². The molecule has 0 atom stereocenters. The lowest BCUT2D eigenvalue weighted by Crippen LogP contribution is -2.32. The Kier molecular flexibility index (Phi) is 5.20. The minimum Gasteiger partial charge on any atom is -0.490 e. The Hall–Kier alpha value is -1.98. The van der Waals surface area contributed by atoms with Crippen LogP contribution in [0, 0.1) is 5.92 Å². The fraction of sp³-hybridized carbons (Fsp3) is 0.444. The zero-order valence-electron chi connectivity index (χ0n) is 13.5. The molecule has 23 heavy (non-hydrogen) atoms. The summed E-state index contributed by atoms with van der Waals surface area (Å²) in [5.74, 6) is 1.98. The first-order valence-electron chi connectivity index (χ1n) is 8.08. The zero-order valence-corrected chi connectivity index (χ0v) is 13.5. The molecule has 1 N–H and O–H groups in total. The summed E-state index contributed by atoms with van der Waals surface area (Å²) in [5.41, 5.74) is 1.76. The molecule has 0 saturated carbocycles. The summed E-state index contributed by atoms with van der Waals surface area (Å²) in [7, 11) is 2.16. The lowest BCUT2D eigenvalue weighted by atomic mass is 9.98. The number of aromatic nitrogens is 2. The van der Waals surface area contributed by atoms with Crippen molar-refractivity contribution in [3.05, 3.63) is 42.2 Å². The van der Waals surface area contributed by atoms with Crippen LogP contribution in [0.25, 0.3) is 11.4 Å². The van der Waals surface area contributed by atoms with Crippen LogP contribution in [0.4, 0.5) is 0 Å². The van der Waals surface area contributed by atoms with E-state index in [0.29, 0.717) is 17.5 Å². The van der Waals surface area contributed by atoms with E-state index in [0.717, 1.165) is 30.8 Å². The molecular formula is C18H23N3O2. The fourth-order valence-corrected chi connectivity index (χ4v) is 2.79. The van der Waals surface area contributed by atoms with Crippen LogP contribution in [-0.2, 0) is 6.61 Å². The van der Waals surface area contributed by atoms with Crippen molar-refractivity contribution in [1.82, 2.24) is 14.9 Å². The van der Waals surface area contributed by atoms with Gasteiger partial charge in [0.25, 0.3) is 0 Å². The van der Waals surface area contributed by atoms with E-state index in [-0.39, 0.29) is 6.61 Å². The minimum atomic E-state index is 0.0195. The molecular weight excluding hydrogens is 290 g/mol. The summed E-state index contributed by atoms with van der Waals surface area (Å²) in [6, 6.07) is 7.61. The number of ether oxygens (including phenoxy) is 1. The Morgan fingerprint density at radius 1 is 1.22 bits per heavy atom. The van der Waals surface area contributed by atoms with Crippen molar-refractivity contribution >= 4 is 0 Å². The molecule has 0 radical (unpaired) electrons. The normalized spacial score (nSPS) is 16.4. The highest BCUT2D eigenvalue weighted by molar-refractivity contribution is 5.55. The average molecular weight is 313 g/mol. The van der Waals surface area contributed by atoms with Gasteiger partial charge in [0, 0.05) is 5.56 Å². The molecule has 1 fully saturated rings. The molecule has 0 spiro atoms. The largest absolute Gasteiger partial charge is 0.490 e. The van der Waals surface area contributed by atoms with Crippen LogP contribution >= 0.6 is 0 Å². The molecule has 0 amide bonds. The second-order valence-corrected chi connectivity index (χ2v) is 6.16. The van der Waals surface area contributed by atoms with Crippen molar-refractivity contribution in [2.24, 2.45) is 5.92 Å². The average Bonchev–Trinajstić information content (AvgIpc) is 2.62. The Balaban J connectivity index is 1.58. The molecule has 1 aromatic heterocycles. The van der Waals surface area contributed by atoms with Gasteiger partial charge in [-0.15, -0.1) is 0 Å². The van der Waals surface area contributed by atoms with Crippen molar-refractivity contribution in [3.63, 3.8) is 0 Å². The molecule has 1 aromatic carbocycles. The van der Waals surface area contributed by atoms with Gasteiger partial charge in [0.05, 0.1) is 25.6 Å². The molecule has 5 heteroatoms. The smallest absolute Gasteiger partial charge is 0.159 e. The quantitative estimate of drug-likeness (QED) is 0.918. The summed E-state index contributed by atoms with van der Waals surface area (Å²) < 4.78 is 5.83. The van der Waals surface area contributed by atoms with Crippen molar-refractivity contribution in [2.75, 3.05) is 26.7 Å². The van der Waals surface area contributed by atoms with E-state index in [1.807, 2.05) is 24.3 Å². The van der Waals surface area contributed by atoms with E-state index in [1.165, 1.54) is 12.8 Å². The highest BCUT2D eigenvalue weighted by Crippen LogP contribution is 2.20. The molecule has 122 valence electrons. The van der Waals surface area contributed by atoms with Gasteiger partial charge < -0.3 is 14.7 Å². The number of likely N-dealkylation sites (tertiary alicyclic amines) is 1. The van der Waals surface area contributed by atoms with Gasteiger partial charge >= 0.3 is 0 Å². The Labute approximate surface area is 137 Å². The standard InChI is InChI=1S/C18H23N3O2/c1-21-7-5-14(6-8-21)13-23-17-10-19-18(20-11-17)16-4-2-3-15(9-16)12-22/h2-4,9-11,14,22H,5-8,12-13H2,1H3. The van der Waals surface area contributed by atoms with Crippen LogP contribution in [-0.4, -0.2) is 46.7 Å². The topological polar surface area (TPSA) is 58.5 Å². The Bertz CT molecular complexity index is 622. The summed E-state index contributed by atoms with van der Waals surface area (Å²) >= 11 is 0. The number of aliphatic hydroxyl groups is 1. The van der Waals surface area contributed by atoms with Gasteiger partial charge in [-0.05, 0) is 50.5 Å². The number of benzene rings is 1. The van der Waals surface area contributed by atoms with Crippen molar-refractivity contribution in [1.29, 1.82) is 0 Å². The molecule has 3 rings (SSSR count). The molecule has 1 aliphatic heterocycles. The van der Waals surface area contributed by atoms with Crippen molar-refractivity contribution < 1.29 is 9.84 Å². The monoisotopic (exact) mass is 313 g/mol. The molecule has 0 bridgehead atoms. The van der Waals surface area contributed by atoms with E-state index in [9.17, 15) is 5.11 Å². The van der Waals surface area contributed by atoms with Gasteiger partial charge in [-0.3, -0.25) is 0 Å². The molecule has 2 aromatic rings. The third-order valence-corrected chi connectivity index (χ3v) is 4.32. The van der Waals surface area contributed by atoms with Crippen LogP contribution in [0.2, 0.25) is 0 Å². The Morgan fingerprint density at radius 3 is 2.65 bits per heavy atom. The van der Waals surface area contributed by atoms with E-state index in [2.05, 4.69) is 21.9 Å². The first-order chi connectivity index (χ1) is 11.2. The molecule has 2 heterocycles. The van der Waals surface area contributed by atoms with Gasteiger partial charge in [0.15, 0.2) is 11.6 Å². The van der Waals surface area contributed by atoms with Crippen LogP contribution in [0.5, 0.6) is 5.75 Å². The van der Waals surface area contributed by atoms with E-state index in [1.54, 1.807) is 12.4 Å². The second kappa shape index (κ2) is 7.53. The van der Waals surface area contributed by atoms with Gasteiger partial charge in [0.2, 0.25) is 0 Å². The third-order valence-electron chi connectivity index (χ3n) is 4.32. The maximum atomic E-state index is 9.20. The maximum absolute atomic E-state index is 9.20. The number of aliphatic hydroxyl groups excluding tert-OH is 1. The number of piperidine rings is 1. The minimum absolute atomic E-state index is 0.0195. The van der Waals surface area contributed by atoms with E-state index >= 15 is 0 Å². The van der Waals surface area contributed by atoms with Gasteiger partial charge in [0.1, 0.15) is 0 Å². The predicted molar refractivity (Wildman–Crippen MR) is 89.1 cm³/mol. The van der Waals surface area contributed by atoms with Crippen LogP contribution in [0.3, 0.4) is 0 Å². The summed E-state index contributed by atoms with van der Waals surface area (Å²) in [6.45, 7) is 3.04. The van der Waals surface area contributed by atoms with E-state index in [4.69, 9.17) is 4.74 Å². The van der Waals surface area contributed by atoms with Crippen LogP contribution in [0.1, 0.15) is 18.4 Å². The summed E-state index contributed by atoms with van der Waals surface area (Å²) in [4.78, 5) is 11.1. The van der Waals surface area contributed by atoms with Crippen LogP contribution < -0.4 is 4.74 Å². The lowest BCUT2D eigenvalue weighted by molar-refractivity contribution is 0.159. The first kappa shape index (κ1) is 15.9. The zero-order chi connectivity index (χ0) is 16.1. The van der Waals surface area contributed by atoms with Crippen molar-refractivity contribution in [2.45, 2.75) is 19.4 Å². The molecule has 1 aliphatic rings. The van der Waals surface area contributed by atoms with Gasteiger partial charge in [-0.2, -0.15) is 0 Å². The van der Waals surface area contributed by atoms with Gasteiger partial charge in [-0.1, -0.05) is 18.2 Å². The SMILES string of the molecule is CN1CCC(COc2cnc(-c3cccc(CO)c3)nc2)CC1. The molecule has 1 saturated heterocycles. The van der Waals surface area contributed by atoms with Gasteiger partial charge in [-0.25, -0.2) is 9.97 Å². The molecule has 0 unspecified atom stereocenters. The fourth-order valence-electron chi connectivity index (χ4n) is 2.79.